The van der Waals surface area contributed by atoms with Gasteiger partial charge in [-0.1, -0.05) is 5.21 Å². The maximum atomic E-state index is 4.18. The maximum absolute atomic E-state index is 4.18. The van der Waals surface area contributed by atoms with Crippen molar-refractivity contribution in [1.29, 1.82) is 0 Å². The van der Waals surface area contributed by atoms with Crippen molar-refractivity contribution in [3.8, 4) is 0 Å². The summed E-state index contributed by atoms with van der Waals surface area (Å²) in [7, 11) is 5.80. The molecule has 0 aliphatic carbocycles. The number of halogens is 1. The van der Waals surface area contributed by atoms with E-state index in [0.717, 1.165) is 17.1 Å². The highest BCUT2D eigenvalue weighted by Gasteiger charge is 2.04. The number of anilines is 1. The Labute approximate surface area is 118 Å². The topological polar surface area (TPSA) is 58.7 Å². The van der Waals surface area contributed by atoms with Gasteiger partial charge in [-0.25, -0.2) is 4.68 Å². The summed E-state index contributed by atoms with van der Waals surface area (Å²) >= 11 is 0. The van der Waals surface area contributed by atoms with Crippen molar-refractivity contribution in [2.24, 2.45) is 17.3 Å². The van der Waals surface area contributed by atoms with Crippen LogP contribution in [0.25, 0.3) is 0 Å². The zero-order chi connectivity index (χ0) is 13.1. The monoisotopic (exact) mass is 280 g/mol. The van der Waals surface area contributed by atoms with Crippen LogP contribution in [0, 0.1) is 6.92 Å². The first-order valence-electron chi connectivity index (χ1n) is 5.63. The standard InChI is InChI=1S/C12H16N6.ClH/c1-9-12(18(4)16-13-9)15-14-10-5-7-11(8-6-10)17(2)3;/h5-8H,1-4H3;1H. The Bertz CT molecular complexity index is 539. The summed E-state index contributed by atoms with van der Waals surface area (Å²) in [5.74, 6) is 0.673. The van der Waals surface area contributed by atoms with Gasteiger partial charge in [-0.2, -0.15) is 0 Å². The van der Waals surface area contributed by atoms with Crippen LogP contribution in [0.5, 0.6) is 0 Å². The van der Waals surface area contributed by atoms with E-state index >= 15 is 0 Å². The fraction of sp³-hybridized carbons (Fsp3) is 0.333. The first-order chi connectivity index (χ1) is 8.58. The van der Waals surface area contributed by atoms with Crippen LogP contribution in [0.3, 0.4) is 0 Å². The van der Waals surface area contributed by atoms with Gasteiger partial charge in [0.05, 0.1) is 5.69 Å². The van der Waals surface area contributed by atoms with Gasteiger partial charge in [0.15, 0.2) is 5.82 Å². The van der Waals surface area contributed by atoms with Crippen molar-refractivity contribution in [2.45, 2.75) is 6.92 Å². The van der Waals surface area contributed by atoms with Gasteiger partial charge in [-0.05, 0) is 31.2 Å². The van der Waals surface area contributed by atoms with Gasteiger partial charge in [0, 0.05) is 26.8 Å². The molecule has 0 saturated heterocycles. The second-order valence-corrected chi connectivity index (χ2v) is 4.23. The number of hydrogen-bond acceptors (Lipinski definition) is 5. The molecule has 0 spiro atoms. The van der Waals surface area contributed by atoms with Gasteiger partial charge in [0.25, 0.3) is 0 Å². The van der Waals surface area contributed by atoms with Crippen LogP contribution in [0.4, 0.5) is 17.2 Å². The second-order valence-electron chi connectivity index (χ2n) is 4.23. The Balaban J connectivity index is 0.00000180. The molecule has 0 saturated carbocycles. The molecule has 0 fully saturated rings. The lowest BCUT2D eigenvalue weighted by atomic mass is 10.3. The molecule has 0 bridgehead atoms. The Kier molecular flexibility index (Phi) is 5.00. The van der Waals surface area contributed by atoms with E-state index in [1.54, 1.807) is 11.7 Å². The van der Waals surface area contributed by atoms with Crippen molar-refractivity contribution in [1.82, 2.24) is 15.0 Å². The fourth-order valence-electron chi connectivity index (χ4n) is 1.52. The Morgan fingerprint density at radius 1 is 1.11 bits per heavy atom. The predicted molar refractivity (Wildman–Crippen MR) is 77.9 cm³/mol. The molecule has 0 atom stereocenters. The predicted octanol–water partition coefficient (Wildman–Crippen LogP) is 3.03. The third-order valence-electron chi connectivity index (χ3n) is 2.59. The average molecular weight is 281 g/mol. The van der Waals surface area contributed by atoms with Gasteiger partial charge in [0.1, 0.15) is 5.69 Å². The normalized spacial score (nSPS) is 10.5. The lowest BCUT2D eigenvalue weighted by Crippen LogP contribution is -2.07. The van der Waals surface area contributed by atoms with Crippen molar-refractivity contribution in [3.63, 3.8) is 0 Å². The van der Waals surface area contributed by atoms with Crippen molar-refractivity contribution < 1.29 is 0 Å². The van der Waals surface area contributed by atoms with Gasteiger partial charge in [0.2, 0.25) is 0 Å². The van der Waals surface area contributed by atoms with Crippen LogP contribution in [-0.2, 0) is 7.05 Å². The molecule has 0 unspecified atom stereocenters. The maximum Gasteiger partial charge on any atom is 0.195 e. The van der Waals surface area contributed by atoms with E-state index in [1.807, 2.05) is 50.2 Å². The Morgan fingerprint density at radius 2 is 1.74 bits per heavy atom. The van der Waals surface area contributed by atoms with Gasteiger partial charge in [-0.15, -0.1) is 27.7 Å². The number of aryl methyl sites for hydroxylation is 2. The van der Waals surface area contributed by atoms with Gasteiger partial charge >= 0.3 is 0 Å². The molecule has 102 valence electrons. The number of hydrogen-bond donors (Lipinski definition) is 0. The number of benzene rings is 1. The summed E-state index contributed by atoms with van der Waals surface area (Å²) < 4.78 is 1.60. The van der Waals surface area contributed by atoms with Crippen molar-refractivity contribution in [3.05, 3.63) is 30.0 Å². The fourth-order valence-corrected chi connectivity index (χ4v) is 1.52. The van der Waals surface area contributed by atoms with Gasteiger partial charge < -0.3 is 4.90 Å². The molecule has 7 heteroatoms. The first-order valence-corrected chi connectivity index (χ1v) is 5.63. The van der Waals surface area contributed by atoms with E-state index in [9.17, 15) is 0 Å². The molecule has 0 N–H and O–H groups in total. The lowest BCUT2D eigenvalue weighted by Gasteiger charge is -2.11. The van der Waals surface area contributed by atoms with Crippen molar-refractivity contribution >= 4 is 29.6 Å². The molecule has 0 radical (unpaired) electrons. The summed E-state index contributed by atoms with van der Waals surface area (Å²) in [5, 5.41) is 16.1. The number of rotatable bonds is 3. The number of aromatic nitrogens is 3. The van der Waals surface area contributed by atoms with E-state index in [2.05, 4.69) is 20.5 Å². The van der Waals surface area contributed by atoms with Crippen molar-refractivity contribution in [2.75, 3.05) is 19.0 Å². The number of nitrogens with zero attached hydrogens (tertiary/aromatic N) is 6. The molecular formula is C12H17ClN6. The van der Waals surface area contributed by atoms with E-state index in [0.29, 0.717) is 5.82 Å². The molecule has 2 aromatic rings. The third-order valence-corrected chi connectivity index (χ3v) is 2.59. The van der Waals surface area contributed by atoms with Crippen LogP contribution in [-0.4, -0.2) is 29.1 Å². The zero-order valence-corrected chi connectivity index (χ0v) is 12.2. The molecule has 1 aromatic carbocycles. The van der Waals surface area contributed by atoms with Crippen LogP contribution in [0.2, 0.25) is 0 Å². The SMILES string of the molecule is Cc1nnn(C)c1N=Nc1ccc(N(C)C)cc1.Cl. The first kappa shape index (κ1) is 15.1. The molecular weight excluding hydrogens is 264 g/mol. The molecule has 0 aliphatic rings. The highest BCUT2D eigenvalue weighted by atomic mass is 35.5. The summed E-state index contributed by atoms with van der Waals surface area (Å²) in [4.78, 5) is 2.04. The average Bonchev–Trinajstić information content (AvgIpc) is 2.67. The molecule has 1 aromatic heterocycles. The smallest absolute Gasteiger partial charge is 0.195 e. The molecule has 6 nitrogen and oxygen atoms in total. The molecule has 19 heavy (non-hydrogen) atoms. The van der Waals surface area contributed by atoms with Crippen LogP contribution in [0.1, 0.15) is 5.69 Å². The molecule has 2 rings (SSSR count). The summed E-state index contributed by atoms with van der Waals surface area (Å²) in [6.07, 6.45) is 0. The quantitative estimate of drug-likeness (QED) is 0.812. The minimum atomic E-state index is 0. The van der Waals surface area contributed by atoms with Gasteiger partial charge in [-0.3, -0.25) is 0 Å². The van der Waals surface area contributed by atoms with Crippen LogP contribution >= 0.6 is 12.4 Å². The van der Waals surface area contributed by atoms with Crippen LogP contribution < -0.4 is 4.90 Å². The highest BCUT2D eigenvalue weighted by Crippen LogP contribution is 2.21. The zero-order valence-electron chi connectivity index (χ0n) is 11.4. The third kappa shape index (κ3) is 3.51. The summed E-state index contributed by atoms with van der Waals surface area (Å²) in [5.41, 5.74) is 2.71. The Hall–Kier alpha value is -1.95. The molecule has 0 amide bonds. The van der Waals surface area contributed by atoms with E-state index in [4.69, 9.17) is 0 Å². The Morgan fingerprint density at radius 3 is 2.21 bits per heavy atom. The second kappa shape index (κ2) is 6.29. The summed E-state index contributed by atoms with van der Waals surface area (Å²) in [6, 6.07) is 7.86. The van der Waals surface area contributed by atoms with E-state index in [-0.39, 0.29) is 12.4 Å². The van der Waals surface area contributed by atoms with Crippen LogP contribution in [0.15, 0.2) is 34.5 Å². The van der Waals surface area contributed by atoms with E-state index in [1.165, 1.54) is 0 Å². The largest absolute Gasteiger partial charge is 0.378 e. The lowest BCUT2D eigenvalue weighted by molar-refractivity contribution is 0.713. The number of azo groups is 1. The minimum absolute atomic E-state index is 0. The molecule has 1 heterocycles. The molecule has 0 aliphatic heterocycles. The summed E-state index contributed by atoms with van der Waals surface area (Å²) in [6.45, 7) is 1.86. The minimum Gasteiger partial charge on any atom is -0.378 e. The van der Waals surface area contributed by atoms with E-state index < -0.39 is 0 Å². The highest BCUT2D eigenvalue weighted by molar-refractivity contribution is 5.85.